The van der Waals surface area contributed by atoms with Crippen LogP contribution in [0.5, 0.6) is 0 Å². The van der Waals surface area contributed by atoms with Crippen molar-refractivity contribution in [2.75, 3.05) is 49.5 Å². The molecule has 10 heteroatoms. The largest absolute Gasteiger partial charge is 0.369 e. The quantitative estimate of drug-likeness (QED) is 0.274. The van der Waals surface area contributed by atoms with Gasteiger partial charge in [-0.3, -0.25) is 9.69 Å². The minimum Gasteiger partial charge on any atom is -0.369 e. The molecular weight excluding hydrogens is 562 g/mol. The number of imidazole rings is 1. The van der Waals surface area contributed by atoms with E-state index in [4.69, 9.17) is 0 Å². The van der Waals surface area contributed by atoms with E-state index in [1.54, 1.807) is 6.33 Å². The summed E-state index contributed by atoms with van der Waals surface area (Å²) in [6.07, 6.45) is 11.1. The number of nitrogens with one attached hydrogen (secondary N) is 3. The standard InChI is InChI=1S/C35H43N9O/c45-31(18-25-4-2-1-3-5-25)40-27-19-29(20-27)44-24-39-32-33(37-23-38-34(32)44)41-26-6-8-28(9-7-26)42-14-16-43(17-15-42)30-21-35(22-30)10-12-36-13-11-35/h1-9,23-24,27,29-30,36H,10-22H2,(H,40,45)(H,37,38,41). The third-order valence-electron chi connectivity index (χ3n) is 10.8. The van der Waals surface area contributed by atoms with E-state index in [1.807, 2.05) is 36.7 Å². The van der Waals surface area contributed by atoms with Gasteiger partial charge in [0.05, 0.1) is 12.7 Å². The van der Waals surface area contributed by atoms with Gasteiger partial charge in [0.1, 0.15) is 6.33 Å². The van der Waals surface area contributed by atoms with Crippen LogP contribution < -0.4 is 20.9 Å². The van der Waals surface area contributed by atoms with E-state index in [9.17, 15) is 4.79 Å². The number of hydrogen-bond acceptors (Lipinski definition) is 8. The smallest absolute Gasteiger partial charge is 0.224 e. The molecule has 0 unspecified atom stereocenters. The first-order valence-corrected chi connectivity index (χ1v) is 16.7. The molecule has 4 aromatic rings. The third-order valence-corrected chi connectivity index (χ3v) is 10.8. The van der Waals surface area contributed by atoms with Crippen LogP contribution in [0.2, 0.25) is 0 Å². The first-order chi connectivity index (χ1) is 22.1. The molecule has 1 amide bonds. The zero-order valence-electron chi connectivity index (χ0n) is 25.9. The first-order valence-electron chi connectivity index (χ1n) is 16.7. The summed E-state index contributed by atoms with van der Waals surface area (Å²) in [5.74, 6) is 0.778. The van der Waals surface area contributed by atoms with Crippen LogP contribution in [0.3, 0.4) is 0 Å². The van der Waals surface area contributed by atoms with Crippen molar-refractivity contribution in [1.82, 2.24) is 35.1 Å². The van der Waals surface area contributed by atoms with Gasteiger partial charge in [-0.1, -0.05) is 30.3 Å². The van der Waals surface area contributed by atoms with Crippen molar-refractivity contribution in [2.24, 2.45) is 5.41 Å². The zero-order valence-corrected chi connectivity index (χ0v) is 25.9. The van der Waals surface area contributed by atoms with E-state index in [0.717, 1.165) is 67.5 Å². The SMILES string of the molecule is O=C(Cc1ccccc1)NC1CC(n2cnc3c(Nc4ccc(N5CCN(C6CC7(CCNCC7)C6)CC5)cc4)ncnc32)C1. The van der Waals surface area contributed by atoms with Crippen molar-refractivity contribution in [3.05, 3.63) is 72.8 Å². The summed E-state index contributed by atoms with van der Waals surface area (Å²) < 4.78 is 2.13. The monoisotopic (exact) mass is 605 g/mol. The Morgan fingerprint density at radius 1 is 0.889 bits per heavy atom. The molecule has 2 aliphatic carbocycles. The van der Waals surface area contributed by atoms with Crippen molar-refractivity contribution in [3.63, 3.8) is 0 Å². The van der Waals surface area contributed by atoms with Crippen LogP contribution in [-0.2, 0) is 11.2 Å². The molecule has 1 spiro atoms. The fraction of sp³-hybridized carbons (Fsp3) is 0.486. The van der Waals surface area contributed by atoms with Gasteiger partial charge < -0.3 is 25.4 Å². The van der Waals surface area contributed by atoms with Crippen LogP contribution in [0, 0.1) is 5.41 Å². The normalized spacial score (nSPS) is 23.4. The fourth-order valence-corrected chi connectivity index (χ4v) is 8.00. The number of fused-ring (bicyclic) bond motifs is 1. The van der Waals surface area contributed by atoms with Crippen LogP contribution in [0.15, 0.2) is 67.3 Å². The fourth-order valence-electron chi connectivity index (χ4n) is 8.00. The minimum absolute atomic E-state index is 0.0707. The molecule has 2 aromatic heterocycles. The van der Waals surface area contributed by atoms with Gasteiger partial charge in [0.2, 0.25) is 5.91 Å². The number of piperazine rings is 1. The number of amides is 1. The van der Waals surface area contributed by atoms with Gasteiger partial charge in [0, 0.05) is 55.7 Å². The van der Waals surface area contributed by atoms with Gasteiger partial charge in [-0.25, -0.2) is 15.0 Å². The first kappa shape index (κ1) is 28.5. The van der Waals surface area contributed by atoms with E-state index < -0.39 is 0 Å². The van der Waals surface area contributed by atoms with Gasteiger partial charge >= 0.3 is 0 Å². The topological polar surface area (TPSA) is 103 Å². The second kappa shape index (κ2) is 12.1. The molecule has 0 atom stereocenters. The lowest BCUT2D eigenvalue weighted by Gasteiger charge is -2.55. The second-order valence-corrected chi connectivity index (χ2v) is 13.6. The van der Waals surface area contributed by atoms with E-state index in [-0.39, 0.29) is 18.0 Å². The maximum absolute atomic E-state index is 12.5. The summed E-state index contributed by atoms with van der Waals surface area (Å²) >= 11 is 0. The maximum Gasteiger partial charge on any atom is 0.224 e. The molecule has 8 rings (SSSR count). The molecule has 0 bridgehead atoms. The van der Waals surface area contributed by atoms with Gasteiger partial charge in [-0.15, -0.1) is 0 Å². The molecule has 2 aromatic carbocycles. The minimum atomic E-state index is 0.0707. The van der Waals surface area contributed by atoms with Gasteiger partial charge in [-0.05, 0) is 86.9 Å². The summed E-state index contributed by atoms with van der Waals surface area (Å²) in [4.78, 5) is 31.5. The number of anilines is 3. The van der Waals surface area contributed by atoms with Crippen molar-refractivity contribution < 1.29 is 4.79 Å². The Hall–Kier alpha value is -4.02. The maximum atomic E-state index is 12.5. The molecule has 3 N–H and O–H groups in total. The number of carbonyl (C=O) groups excluding carboxylic acids is 1. The summed E-state index contributed by atoms with van der Waals surface area (Å²) in [5, 5.41) is 10.2. The van der Waals surface area contributed by atoms with Crippen LogP contribution in [0.1, 0.15) is 50.1 Å². The molecule has 2 saturated heterocycles. The summed E-state index contributed by atoms with van der Waals surface area (Å²) in [7, 11) is 0. The number of rotatable bonds is 8. The van der Waals surface area contributed by atoms with E-state index in [2.05, 4.69) is 69.5 Å². The molecule has 2 saturated carbocycles. The number of nitrogens with zero attached hydrogens (tertiary/aromatic N) is 6. The average molecular weight is 606 g/mol. The lowest BCUT2D eigenvalue weighted by molar-refractivity contribution is -0.121. The Morgan fingerprint density at radius 3 is 2.40 bits per heavy atom. The van der Waals surface area contributed by atoms with Gasteiger partial charge in [0.25, 0.3) is 0 Å². The second-order valence-electron chi connectivity index (χ2n) is 13.6. The predicted octanol–water partition coefficient (Wildman–Crippen LogP) is 4.29. The summed E-state index contributed by atoms with van der Waals surface area (Å²) in [6.45, 7) is 6.89. The van der Waals surface area contributed by atoms with Crippen LogP contribution in [0.25, 0.3) is 11.2 Å². The lowest BCUT2D eigenvalue weighted by Crippen LogP contribution is -2.58. The lowest BCUT2D eigenvalue weighted by atomic mass is 9.60. The highest BCUT2D eigenvalue weighted by Crippen LogP contribution is 2.50. The highest BCUT2D eigenvalue weighted by molar-refractivity contribution is 5.85. The van der Waals surface area contributed by atoms with Gasteiger partial charge in [-0.2, -0.15) is 0 Å². The molecule has 45 heavy (non-hydrogen) atoms. The van der Waals surface area contributed by atoms with Crippen LogP contribution in [0.4, 0.5) is 17.2 Å². The van der Waals surface area contributed by atoms with Crippen LogP contribution >= 0.6 is 0 Å². The molecule has 4 fully saturated rings. The Morgan fingerprint density at radius 2 is 1.64 bits per heavy atom. The molecular formula is C35H43N9O. The molecule has 10 nitrogen and oxygen atoms in total. The number of carbonyl (C=O) groups is 1. The Kier molecular flexibility index (Phi) is 7.62. The Labute approximate surface area is 264 Å². The van der Waals surface area contributed by atoms with Crippen molar-refractivity contribution in [3.8, 4) is 0 Å². The summed E-state index contributed by atoms with van der Waals surface area (Å²) in [6, 6.07) is 19.8. The number of aromatic nitrogens is 4. The molecule has 4 heterocycles. The van der Waals surface area contributed by atoms with E-state index >= 15 is 0 Å². The molecule has 234 valence electrons. The van der Waals surface area contributed by atoms with E-state index in [0.29, 0.717) is 17.7 Å². The third kappa shape index (κ3) is 5.89. The highest BCUT2D eigenvalue weighted by atomic mass is 16.1. The van der Waals surface area contributed by atoms with Crippen molar-refractivity contribution in [2.45, 2.75) is 63.1 Å². The average Bonchev–Trinajstić information content (AvgIpc) is 3.47. The van der Waals surface area contributed by atoms with Crippen molar-refractivity contribution in [1.29, 1.82) is 0 Å². The van der Waals surface area contributed by atoms with Gasteiger partial charge in [0.15, 0.2) is 17.0 Å². The highest BCUT2D eigenvalue weighted by Gasteiger charge is 2.46. The molecule has 4 aliphatic rings. The number of hydrogen-bond donors (Lipinski definition) is 3. The zero-order chi connectivity index (χ0) is 30.2. The van der Waals surface area contributed by atoms with Crippen molar-refractivity contribution >= 4 is 34.3 Å². The number of piperidine rings is 1. The Bertz CT molecular complexity index is 1610. The molecule has 0 radical (unpaired) electrons. The number of benzene rings is 2. The molecule has 2 aliphatic heterocycles. The Balaban J connectivity index is 0.838. The van der Waals surface area contributed by atoms with E-state index in [1.165, 1.54) is 44.5 Å². The van der Waals surface area contributed by atoms with Crippen LogP contribution in [-0.4, -0.2) is 81.7 Å². The predicted molar refractivity (Wildman–Crippen MR) is 177 cm³/mol. The summed E-state index contributed by atoms with van der Waals surface area (Å²) in [5.41, 5.74) is 5.51.